The maximum Gasteiger partial charge on any atom is 0.283 e. The van der Waals surface area contributed by atoms with E-state index in [4.69, 9.17) is 16.3 Å². The first-order chi connectivity index (χ1) is 16.9. The van der Waals surface area contributed by atoms with Gasteiger partial charge in [-0.3, -0.25) is 9.59 Å². The third-order valence-electron chi connectivity index (χ3n) is 5.70. The number of halogens is 1. The molecule has 0 aliphatic carbocycles. The molecule has 7 heteroatoms. The monoisotopic (exact) mass is 506 g/mol. The average molecular weight is 507 g/mol. The number of aryl methyl sites for hydroxylation is 2. The first-order valence-corrected chi connectivity index (χ1v) is 12.7. The quantitative estimate of drug-likeness (QED) is 0.317. The molecule has 0 aromatic heterocycles. The molecule has 1 aliphatic heterocycles. The number of carbonyl (C=O) groups is 2. The van der Waals surface area contributed by atoms with Crippen LogP contribution < -0.4 is 15.0 Å². The standard InChI is InChI=1S/C28H27ClN2O3S/c1-4-5-6-19-8-12-21(13-9-19)31-27(32)25(30-23-17-18(2)7-16-24(23)34-3)26(28(31)33)35-22-14-10-20(29)11-15-22/h7-17,30H,4-6H2,1-3H3. The lowest BCUT2D eigenvalue weighted by Crippen LogP contribution is -2.32. The largest absolute Gasteiger partial charge is 0.495 e. The number of rotatable bonds is 9. The highest BCUT2D eigenvalue weighted by atomic mass is 35.5. The van der Waals surface area contributed by atoms with E-state index in [2.05, 4.69) is 12.2 Å². The van der Waals surface area contributed by atoms with Crippen LogP contribution in [0.2, 0.25) is 5.02 Å². The molecule has 2 amide bonds. The number of carbonyl (C=O) groups excluding carboxylic acids is 2. The van der Waals surface area contributed by atoms with Crippen molar-refractivity contribution in [3.8, 4) is 5.75 Å². The van der Waals surface area contributed by atoms with Crippen LogP contribution in [0.15, 0.2) is 82.2 Å². The fourth-order valence-electron chi connectivity index (χ4n) is 3.82. The summed E-state index contributed by atoms with van der Waals surface area (Å²) in [4.78, 5) is 29.6. The number of thioether (sulfide) groups is 1. The molecule has 4 rings (SSSR count). The number of benzene rings is 3. The van der Waals surface area contributed by atoms with Crippen LogP contribution in [-0.2, 0) is 16.0 Å². The number of hydrogen-bond acceptors (Lipinski definition) is 5. The smallest absolute Gasteiger partial charge is 0.283 e. The van der Waals surface area contributed by atoms with E-state index in [-0.39, 0.29) is 11.6 Å². The van der Waals surface area contributed by atoms with E-state index in [9.17, 15) is 9.59 Å². The van der Waals surface area contributed by atoms with Gasteiger partial charge in [0.2, 0.25) is 0 Å². The summed E-state index contributed by atoms with van der Waals surface area (Å²) >= 11 is 7.27. The van der Waals surface area contributed by atoms with Crippen molar-refractivity contribution in [2.45, 2.75) is 38.0 Å². The van der Waals surface area contributed by atoms with Crippen LogP contribution in [0, 0.1) is 6.92 Å². The van der Waals surface area contributed by atoms with Crippen LogP contribution in [0.4, 0.5) is 11.4 Å². The normalized spacial score (nSPS) is 13.5. The number of nitrogens with zero attached hydrogens (tertiary/aromatic N) is 1. The summed E-state index contributed by atoms with van der Waals surface area (Å²) in [6, 6.07) is 20.4. The number of anilines is 2. The SMILES string of the molecule is CCCCc1ccc(N2C(=O)C(Nc3cc(C)ccc3OC)=C(Sc3ccc(Cl)cc3)C2=O)cc1. The fourth-order valence-corrected chi connectivity index (χ4v) is 4.87. The molecule has 0 bridgehead atoms. The Bertz CT molecular complexity index is 1270. The lowest BCUT2D eigenvalue weighted by atomic mass is 10.1. The molecule has 3 aromatic rings. The molecule has 35 heavy (non-hydrogen) atoms. The summed E-state index contributed by atoms with van der Waals surface area (Å²) in [6.45, 7) is 4.11. The number of ether oxygens (including phenoxy) is 1. The van der Waals surface area contributed by atoms with Gasteiger partial charge in [-0.05, 0) is 79.4 Å². The molecule has 0 spiro atoms. The third kappa shape index (κ3) is 5.55. The molecule has 0 saturated heterocycles. The topological polar surface area (TPSA) is 58.6 Å². The van der Waals surface area contributed by atoms with Crippen molar-refractivity contribution in [3.05, 3.63) is 93.5 Å². The molecule has 0 radical (unpaired) electrons. The van der Waals surface area contributed by atoms with Crippen LogP contribution in [0.5, 0.6) is 5.75 Å². The predicted molar refractivity (Wildman–Crippen MR) is 143 cm³/mol. The van der Waals surface area contributed by atoms with Crippen molar-refractivity contribution >= 4 is 46.6 Å². The number of unbranched alkanes of at least 4 members (excludes halogenated alkanes) is 1. The van der Waals surface area contributed by atoms with Gasteiger partial charge in [0, 0.05) is 9.92 Å². The maximum atomic E-state index is 13.6. The van der Waals surface area contributed by atoms with Gasteiger partial charge in [0.1, 0.15) is 16.4 Å². The highest BCUT2D eigenvalue weighted by Gasteiger charge is 2.40. The van der Waals surface area contributed by atoms with Gasteiger partial charge in [-0.15, -0.1) is 0 Å². The summed E-state index contributed by atoms with van der Waals surface area (Å²) < 4.78 is 5.48. The van der Waals surface area contributed by atoms with Gasteiger partial charge in [-0.2, -0.15) is 0 Å². The molecule has 0 saturated carbocycles. The minimum atomic E-state index is -0.406. The van der Waals surface area contributed by atoms with E-state index in [0.29, 0.717) is 27.1 Å². The second-order valence-corrected chi connectivity index (χ2v) is 9.82. The Morgan fingerprint density at radius 2 is 1.69 bits per heavy atom. The van der Waals surface area contributed by atoms with Crippen LogP contribution in [0.3, 0.4) is 0 Å². The fraction of sp³-hybridized carbons (Fsp3) is 0.214. The van der Waals surface area contributed by atoms with Gasteiger partial charge in [-0.1, -0.05) is 54.9 Å². The first-order valence-electron chi connectivity index (χ1n) is 11.5. The molecule has 0 unspecified atom stereocenters. The molecule has 1 aliphatic rings. The van der Waals surface area contributed by atoms with Gasteiger partial charge in [0.05, 0.1) is 18.5 Å². The van der Waals surface area contributed by atoms with Crippen LogP contribution >= 0.6 is 23.4 Å². The van der Waals surface area contributed by atoms with Crippen LogP contribution in [-0.4, -0.2) is 18.9 Å². The molecular weight excluding hydrogens is 480 g/mol. The van der Waals surface area contributed by atoms with Gasteiger partial charge in [0.25, 0.3) is 11.8 Å². The van der Waals surface area contributed by atoms with Gasteiger partial charge < -0.3 is 10.1 Å². The van der Waals surface area contributed by atoms with Crippen molar-refractivity contribution in [2.24, 2.45) is 0 Å². The number of methoxy groups -OCH3 is 1. The molecular formula is C28H27ClN2O3S. The minimum Gasteiger partial charge on any atom is -0.495 e. The predicted octanol–water partition coefficient (Wildman–Crippen LogP) is 6.99. The second kappa shape index (κ2) is 11.0. The molecule has 5 nitrogen and oxygen atoms in total. The number of hydrogen-bond donors (Lipinski definition) is 1. The number of imide groups is 1. The van der Waals surface area contributed by atoms with Crippen molar-refractivity contribution in [3.63, 3.8) is 0 Å². The van der Waals surface area contributed by atoms with Gasteiger partial charge in [-0.25, -0.2) is 4.90 Å². The molecule has 1 heterocycles. The number of amides is 2. The Labute approximate surface area is 215 Å². The highest BCUT2D eigenvalue weighted by Crippen LogP contribution is 2.39. The van der Waals surface area contributed by atoms with E-state index in [1.807, 2.05) is 61.5 Å². The van der Waals surface area contributed by atoms with E-state index in [1.54, 1.807) is 19.2 Å². The van der Waals surface area contributed by atoms with Crippen molar-refractivity contribution in [1.29, 1.82) is 0 Å². The minimum absolute atomic E-state index is 0.217. The molecule has 180 valence electrons. The zero-order chi connectivity index (χ0) is 24.9. The Balaban J connectivity index is 1.71. The van der Waals surface area contributed by atoms with Crippen LogP contribution in [0.25, 0.3) is 0 Å². The zero-order valence-corrected chi connectivity index (χ0v) is 21.5. The third-order valence-corrected chi connectivity index (χ3v) is 7.05. The van der Waals surface area contributed by atoms with E-state index in [1.165, 1.54) is 22.2 Å². The summed E-state index contributed by atoms with van der Waals surface area (Å²) in [5.41, 5.74) is 3.56. The summed E-state index contributed by atoms with van der Waals surface area (Å²) in [5, 5.41) is 3.80. The Morgan fingerprint density at radius 1 is 0.971 bits per heavy atom. The Kier molecular flexibility index (Phi) is 7.83. The molecule has 3 aromatic carbocycles. The van der Waals surface area contributed by atoms with E-state index < -0.39 is 5.91 Å². The Morgan fingerprint density at radius 3 is 2.34 bits per heavy atom. The number of nitrogens with one attached hydrogen (secondary N) is 1. The van der Waals surface area contributed by atoms with Crippen molar-refractivity contribution in [2.75, 3.05) is 17.3 Å². The average Bonchev–Trinajstić information content (AvgIpc) is 3.08. The van der Waals surface area contributed by atoms with Crippen molar-refractivity contribution < 1.29 is 14.3 Å². The zero-order valence-electron chi connectivity index (χ0n) is 19.9. The second-order valence-electron chi connectivity index (χ2n) is 8.30. The summed E-state index contributed by atoms with van der Waals surface area (Å²) in [7, 11) is 1.57. The maximum absolute atomic E-state index is 13.6. The first kappa shape index (κ1) is 24.9. The Hall–Kier alpha value is -3.22. The van der Waals surface area contributed by atoms with Crippen molar-refractivity contribution in [1.82, 2.24) is 0 Å². The molecule has 1 N–H and O–H groups in total. The van der Waals surface area contributed by atoms with Crippen LogP contribution in [0.1, 0.15) is 30.9 Å². The lowest BCUT2D eigenvalue weighted by Gasteiger charge is -2.16. The van der Waals surface area contributed by atoms with Gasteiger partial charge >= 0.3 is 0 Å². The summed E-state index contributed by atoms with van der Waals surface area (Å²) in [5.74, 6) is -0.195. The van der Waals surface area contributed by atoms with Gasteiger partial charge in [0.15, 0.2) is 0 Å². The highest BCUT2D eigenvalue weighted by molar-refractivity contribution is 8.04. The summed E-state index contributed by atoms with van der Waals surface area (Å²) in [6.07, 6.45) is 3.17. The molecule has 0 atom stereocenters. The van der Waals surface area contributed by atoms with E-state index >= 15 is 0 Å². The van der Waals surface area contributed by atoms with E-state index in [0.717, 1.165) is 29.7 Å². The molecule has 0 fully saturated rings. The lowest BCUT2D eigenvalue weighted by molar-refractivity contribution is -0.120.